The van der Waals surface area contributed by atoms with Crippen molar-refractivity contribution < 1.29 is 54.8 Å². The molecule has 0 amide bonds. The molecule has 0 aromatic heterocycles. The van der Waals surface area contributed by atoms with Gasteiger partial charge in [-0.25, -0.2) is 8.78 Å². The molecule has 170 valence electrons. The summed E-state index contributed by atoms with van der Waals surface area (Å²) in [6, 6.07) is 5.23. The van der Waals surface area contributed by atoms with Crippen LogP contribution in [0, 0.1) is 11.6 Å². The van der Waals surface area contributed by atoms with Gasteiger partial charge < -0.3 is 19.7 Å². The standard InChI is InChI=1S/C20H10F8O4/c21-15-3-1-9(31-19(23,24)25)5-11(15)13-7-18(30)14(8-17(13)29)12-6-10(2-4-16(12)22)32-20(26,27)28/h1-8,29-30H. The smallest absolute Gasteiger partial charge is 0.507 e. The van der Waals surface area contributed by atoms with Crippen molar-refractivity contribution in [1.82, 2.24) is 0 Å². The quantitative estimate of drug-likeness (QED) is 0.340. The van der Waals surface area contributed by atoms with Gasteiger partial charge in [0.2, 0.25) is 0 Å². The van der Waals surface area contributed by atoms with E-state index in [2.05, 4.69) is 9.47 Å². The van der Waals surface area contributed by atoms with Crippen LogP contribution in [0.1, 0.15) is 0 Å². The fraction of sp³-hybridized carbons (Fsp3) is 0.100. The largest absolute Gasteiger partial charge is 0.573 e. The van der Waals surface area contributed by atoms with E-state index < -0.39 is 69.6 Å². The molecule has 0 saturated carbocycles. The summed E-state index contributed by atoms with van der Waals surface area (Å²) in [5.74, 6) is -5.45. The maximum Gasteiger partial charge on any atom is 0.573 e. The highest BCUT2D eigenvalue weighted by atomic mass is 19.4. The van der Waals surface area contributed by atoms with Crippen LogP contribution in [0.25, 0.3) is 22.3 Å². The number of ether oxygens (including phenoxy) is 2. The second-order valence-corrected chi connectivity index (χ2v) is 6.27. The fourth-order valence-corrected chi connectivity index (χ4v) is 2.82. The highest BCUT2D eigenvalue weighted by Crippen LogP contribution is 2.43. The van der Waals surface area contributed by atoms with Crippen LogP contribution in [0.3, 0.4) is 0 Å². The first-order valence-corrected chi connectivity index (χ1v) is 8.41. The van der Waals surface area contributed by atoms with Gasteiger partial charge in [-0.3, -0.25) is 0 Å². The fourth-order valence-electron chi connectivity index (χ4n) is 2.82. The summed E-state index contributed by atoms with van der Waals surface area (Å²) in [5.41, 5.74) is -2.17. The molecule has 0 aliphatic carbocycles. The molecular formula is C20H10F8O4. The molecular weight excluding hydrogens is 456 g/mol. The second-order valence-electron chi connectivity index (χ2n) is 6.27. The predicted octanol–water partition coefficient (Wildman–Crippen LogP) is 6.51. The van der Waals surface area contributed by atoms with Crippen molar-refractivity contribution in [1.29, 1.82) is 0 Å². The Morgan fingerprint density at radius 1 is 0.531 bits per heavy atom. The molecule has 0 aliphatic heterocycles. The third-order valence-corrected chi connectivity index (χ3v) is 4.04. The van der Waals surface area contributed by atoms with Crippen molar-refractivity contribution in [3.63, 3.8) is 0 Å². The van der Waals surface area contributed by atoms with Crippen molar-refractivity contribution in [2.75, 3.05) is 0 Å². The molecule has 0 heterocycles. The summed E-state index contributed by atoms with van der Waals surface area (Å²) in [5, 5.41) is 20.5. The van der Waals surface area contributed by atoms with Crippen LogP contribution in [-0.2, 0) is 0 Å². The summed E-state index contributed by atoms with van der Waals surface area (Å²) in [4.78, 5) is 0. The summed E-state index contributed by atoms with van der Waals surface area (Å²) in [6.45, 7) is 0. The highest BCUT2D eigenvalue weighted by molar-refractivity contribution is 5.81. The number of hydrogen-bond acceptors (Lipinski definition) is 4. The predicted molar refractivity (Wildman–Crippen MR) is 93.9 cm³/mol. The number of rotatable bonds is 4. The highest BCUT2D eigenvalue weighted by Gasteiger charge is 2.32. The Kier molecular flexibility index (Phi) is 5.81. The molecule has 0 bridgehead atoms. The molecule has 0 radical (unpaired) electrons. The van der Waals surface area contributed by atoms with Crippen LogP contribution in [0.15, 0.2) is 48.5 Å². The van der Waals surface area contributed by atoms with Crippen molar-refractivity contribution in [3.8, 4) is 45.3 Å². The third kappa shape index (κ3) is 5.31. The molecule has 12 heteroatoms. The van der Waals surface area contributed by atoms with Crippen LogP contribution < -0.4 is 9.47 Å². The van der Waals surface area contributed by atoms with Crippen LogP contribution >= 0.6 is 0 Å². The zero-order valence-electron chi connectivity index (χ0n) is 15.4. The molecule has 0 saturated heterocycles. The second kappa shape index (κ2) is 8.09. The molecule has 32 heavy (non-hydrogen) atoms. The van der Waals surface area contributed by atoms with E-state index in [0.717, 1.165) is 0 Å². The monoisotopic (exact) mass is 466 g/mol. The maximum absolute atomic E-state index is 14.2. The molecule has 3 rings (SSSR count). The number of halogens is 8. The lowest BCUT2D eigenvalue weighted by molar-refractivity contribution is -0.275. The van der Waals surface area contributed by atoms with Gasteiger partial charge in [-0.1, -0.05) is 0 Å². The number of alkyl halides is 6. The number of hydrogen-bond donors (Lipinski definition) is 2. The Morgan fingerprint density at radius 2 is 0.875 bits per heavy atom. The Balaban J connectivity index is 2.07. The Morgan fingerprint density at radius 3 is 1.19 bits per heavy atom. The lowest BCUT2D eigenvalue weighted by atomic mass is 9.97. The summed E-state index contributed by atoms with van der Waals surface area (Å²) >= 11 is 0. The van der Waals surface area contributed by atoms with Crippen LogP contribution in [0.2, 0.25) is 0 Å². The molecule has 3 aromatic carbocycles. The van der Waals surface area contributed by atoms with Gasteiger partial charge in [0.05, 0.1) is 0 Å². The van der Waals surface area contributed by atoms with Crippen LogP contribution in [0.5, 0.6) is 23.0 Å². The lowest BCUT2D eigenvalue weighted by Gasteiger charge is -2.15. The first kappa shape index (κ1) is 23.0. The Bertz CT molecular complexity index is 1060. The van der Waals surface area contributed by atoms with Crippen molar-refractivity contribution in [2.45, 2.75) is 12.7 Å². The van der Waals surface area contributed by atoms with Gasteiger partial charge in [-0.05, 0) is 48.5 Å². The van der Waals surface area contributed by atoms with Gasteiger partial charge in [0.25, 0.3) is 0 Å². The van der Waals surface area contributed by atoms with Crippen molar-refractivity contribution >= 4 is 0 Å². The molecule has 2 N–H and O–H groups in total. The van der Waals surface area contributed by atoms with E-state index in [1.165, 1.54) is 0 Å². The van der Waals surface area contributed by atoms with E-state index in [9.17, 15) is 45.3 Å². The van der Waals surface area contributed by atoms with Gasteiger partial charge >= 0.3 is 12.7 Å². The normalized spacial score (nSPS) is 12.0. The van der Waals surface area contributed by atoms with Gasteiger partial charge in [0.15, 0.2) is 0 Å². The first-order valence-electron chi connectivity index (χ1n) is 8.41. The topological polar surface area (TPSA) is 58.9 Å². The number of phenolic OH excluding ortho intramolecular Hbond substituents is 2. The Labute approximate surface area is 173 Å². The minimum atomic E-state index is -5.08. The molecule has 3 aromatic rings. The first-order chi connectivity index (χ1) is 14.7. The van der Waals surface area contributed by atoms with Crippen molar-refractivity contribution in [2.24, 2.45) is 0 Å². The number of benzene rings is 3. The zero-order chi connectivity index (χ0) is 23.8. The van der Waals surface area contributed by atoms with E-state index in [-0.39, 0.29) is 0 Å². The molecule has 0 aliphatic rings. The molecule has 0 spiro atoms. The number of aromatic hydroxyl groups is 2. The molecule has 0 fully saturated rings. The molecule has 4 nitrogen and oxygen atoms in total. The van der Waals surface area contributed by atoms with E-state index >= 15 is 0 Å². The van der Waals surface area contributed by atoms with E-state index in [1.807, 2.05) is 0 Å². The van der Waals surface area contributed by atoms with Gasteiger partial charge in [0, 0.05) is 22.3 Å². The minimum absolute atomic E-state index is 0.487. The SMILES string of the molecule is Oc1cc(-c2cc(OC(F)(F)F)ccc2F)c(O)cc1-c1cc(OC(F)(F)F)ccc1F. The minimum Gasteiger partial charge on any atom is -0.507 e. The summed E-state index contributed by atoms with van der Waals surface area (Å²) in [6.07, 6.45) is -10.2. The Hall–Kier alpha value is -3.70. The summed E-state index contributed by atoms with van der Waals surface area (Å²) in [7, 11) is 0. The van der Waals surface area contributed by atoms with E-state index in [0.29, 0.717) is 48.5 Å². The maximum atomic E-state index is 14.2. The average Bonchev–Trinajstić information content (AvgIpc) is 2.64. The van der Waals surface area contributed by atoms with Crippen molar-refractivity contribution in [3.05, 3.63) is 60.2 Å². The van der Waals surface area contributed by atoms with Gasteiger partial charge in [-0.15, -0.1) is 26.3 Å². The lowest BCUT2D eigenvalue weighted by Crippen LogP contribution is -2.17. The van der Waals surface area contributed by atoms with Crippen LogP contribution in [-0.4, -0.2) is 22.9 Å². The van der Waals surface area contributed by atoms with E-state index in [1.54, 1.807) is 0 Å². The van der Waals surface area contributed by atoms with Gasteiger partial charge in [0.1, 0.15) is 34.6 Å². The van der Waals surface area contributed by atoms with Gasteiger partial charge in [-0.2, -0.15) is 0 Å². The third-order valence-electron chi connectivity index (χ3n) is 4.04. The zero-order valence-corrected chi connectivity index (χ0v) is 15.4. The number of phenols is 2. The molecule has 0 unspecified atom stereocenters. The van der Waals surface area contributed by atoms with E-state index in [4.69, 9.17) is 0 Å². The molecule has 0 atom stereocenters. The van der Waals surface area contributed by atoms with Crippen LogP contribution in [0.4, 0.5) is 35.1 Å². The summed E-state index contributed by atoms with van der Waals surface area (Å²) < 4.78 is 110. The average molecular weight is 466 g/mol.